The second-order valence-electron chi connectivity index (χ2n) is 7.80. The number of nitrogens with one attached hydrogen (secondary N) is 2. The maximum atomic E-state index is 13.3. The van der Waals surface area contributed by atoms with Gasteiger partial charge in [-0.3, -0.25) is 9.59 Å². The molecule has 1 saturated carbocycles. The number of fused-ring (bicyclic) bond motifs is 1. The Hall–Kier alpha value is -2.22. The lowest BCUT2D eigenvalue weighted by atomic mass is 9.79. The Bertz CT molecular complexity index is 704. The molecule has 2 amide bonds. The molecule has 0 aromatic carbocycles. The van der Waals surface area contributed by atoms with Crippen LogP contribution in [0.5, 0.6) is 0 Å². The van der Waals surface area contributed by atoms with Gasteiger partial charge >= 0.3 is 0 Å². The highest BCUT2D eigenvalue weighted by Crippen LogP contribution is 2.43. The summed E-state index contributed by atoms with van der Waals surface area (Å²) in [6.45, 7) is 3.15. The number of carbonyl (C=O) groups excluding carboxylic acids is 2. The smallest absolute Gasteiger partial charge is 0.232 e. The van der Waals surface area contributed by atoms with Crippen molar-refractivity contribution < 1.29 is 9.59 Å². The summed E-state index contributed by atoms with van der Waals surface area (Å²) >= 11 is 0. The molecule has 2 atom stereocenters. The standard InChI is InChI=1S/C18H26N6O2/c1-19-17-21-5-12(6-22-17)8-23(2)16(26)18-10-20-7-14(18)9-24(11-18)15(25)13-3-4-13/h5-6,13-14,20H,3-4,7-11H2,1-2H3,(H,19,21,22)/t14-,18-/m0/s1. The molecule has 26 heavy (non-hydrogen) atoms. The predicted octanol–water partition coefficient (Wildman–Crippen LogP) is -0.0653. The van der Waals surface area contributed by atoms with Gasteiger partial charge in [0, 0.05) is 76.6 Å². The van der Waals surface area contributed by atoms with Gasteiger partial charge in [-0.15, -0.1) is 0 Å². The third kappa shape index (κ3) is 2.92. The molecule has 0 radical (unpaired) electrons. The lowest BCUT2D eigenvalue weighted by Gasteiger charge is -2.31. The zero-order chi connectivity index (χ0) is 18.3. The number of nitrogens with zero attached hydrogens (tertiary/aromatic N) is 4. The molecule has 140 valence electrons. The molecule has 1 aromatic rings. The van der Waals surface area contributed by atoms with E-state index in [0.717, 1.165) is 24.9 Å². The summed E-state index contributed by atoms with van der Waals surface area (Å²) in [6.07, 6.45) is 5.48. The molecule has 2 N–H and O–H groups in total. The van der Waals surface area contributed by atoms with Crippen LogP contribution in [0.3, 0.4) is 0 Å². The van der Waals surface area contributed by atoms with E-state index in [1.807, 2.05) is 11.9 Å². The average Bonchev–Trinajstić information content (AvgIpc) is 3.32. The number of hydrogen-bond donors (Lipinski definition) is 2. The van der Waals surface area contributed by atoms with Crippen LogP contribution in [0, 0.1) is 17.3 Å². The normalized spacial score (nSPS) is 27.3. The van der Waals surface area contributed by atoms with Crippen LogP contribution in [-0.2, 0) is 16.1 Å². The van der Waals surface area contributed by atoms with Crippen molar-refractivity contribution in [3.05, 3.63) is 18.0 Å². The second-order valence-corrected chi connectivity index (χ2v) is 7.80. The number of likely N-dealkylation sites (tertiary alicyclic amines) is 1. The van der Waals surface area contributed by atoms with Crippen LogP contribution in [0.4, 0.5) is 5.95 Å². The third-order valence-corrected chi connectivity index (χ3v) is 5.89. The van der Waals surface area contributed by atoms with Crippen molar-refractivity contribution in [3.8, 4) is 0 Å². The Labute approximate surface area is 153 Å². The summed E-state index contributed by atoms with van der Waals surface area (Å²) in [4.78, 5) is 37.9. The number of anilines is 1. The van der Waals surface area contributed by atoms with E-state index in [0.29, 0.717) is 32.1 Å². The van der Waals surface area contributed by atoms with E-state index in [9.17, 15) is 9.59 Å². The minimum atomic E-state index is -0.495. The molecule has 0 unspecified atom stereocenters. The van der Waals surface area contributed by atoms with Gasteiger partial charge in [0.25, 0.3) is 0 Å². The molecule has 3 aliphatic rings. The molecule has 3 fully saturated rings. The van der Waals surface area contributed by atoms with Gasteiger partial charge in [0.05, 0.1) is 5.41 Å². The maximum Gasteiger partial charge on any atom is 0.232 e. The second kappa shape index (κ2) is 6.50. The molecule has 2 aliphatic heterocycles. The quantitative estimate of drug-likeness (QED) is 0.766. The van der Waals surface area contributed by atoms with Gasteiger partial charge in [-0.2, -0.15) is 0 Å². The summed E-state index contributed by atoms with van der Waals surface area (Å²) in [5.41, 5.74) is 0.396. The van der Waals surface area contributed by atoms with Gasteiger partial charge < -0.3 is 20.4 Å². The first kappa shape index (κ1) is 17.2. The van der Waals surface area contributed by atoms with Crippen LogP contribution in [0.1, 0.15) is 18.4 Å². The SMILES string of the molecule is CNc1ncc(CN(C)C(=O)[C@]23CNC[C@H]2CN(C(=O)C2CC2)C3)cn1. The van der Waals surface area contributed by atoms with E-state index in [-0.39, 0.29) is 23.7 Å². The van der Waals surface area contributed by atoms with E-state index in [4.69, 9.17) is 0 Å². The maximum absolute atomic E-state index is 13.3. The Balaban J connectivity index is 1.47. The summed E-state index contributed by atoms with van der Waals surface area (Å²) < 4.78 is 0. The fourth-order valence-corrected chi connectivity index (χ4v) is 4.27. The van der Waals surface area contributed by atoms with Crippen molar-refractivity contribution in [2.24, 2.45) is 17.3 Å². The molecule has 0 bridgehead atoms. The Kier molecular flexibility index (Phi) is 4.30. The molecular formula is C18H26N6O2. The Morgan fingerprint density at radius 2 is 2.12 bits per heavy atom. The van der Waals surface area contributed by atoms with Gasteiger partial charge in [-0.25, -0.2) is 9.97 Å². The molecule has 8 nitrogen and oxygen atoms in total. The van der Waals surface area contributed by atoms with Crippen LogP contribution < -0.4 is 10.6 Å². The van der Waals surface area contributed by atoms with Crippen LogP contribution in [0.15, 0.2) is 12.4 Å². The van der Waals surface area contributed by atoms with Crippen LogP contribution in [0.25, 0.3) is 0 Å². The van der Waals surface area contributed by atoms with Crippen molar-refractivity contribution in [3.63, 3.8) is 0 Å². The average molecular weight is 358 g/mol. The number of aromatic nitrogens is 2. The number of carbonyl (C=O) groups is 2. The molecule has 1 aromatic heterocycles. The van der Waals surface area contributed by atoms with Crippen molar-refractivity contribution in [1.29, 1.82) is 0 Å². The monoisotopic (exact) mass is 358 g/mol. The zero-order valence-electron chi connectivity index (χ0n) is 15.4. The van der Waals surface area contributed by atoms with Crippen LogP contribution in [-0.4, -0.2) is 71.9 Å². The fourth-order valence-electron chi connectivity index (χ4n) is 4.27. The third-order valence-electron chi connectivity index (χ3n) is 5.89. The van der Waals surface area contributed by atoms with Crippen molar-refractivity contribution in [1.82, 2.24) is 25.1 Å². The van der Waals surface area contributed by atoms with E-state index in [1.165, 1.54) is 0 Å². The number of hydrogen-bond acceptors (Lipinski definition) is 6. The van der Waals surface area contributed by atoms with Crippen LogP contribution >= 0.6 is 0 Å². The molecule has 4 rings (SSSR count). The van der Waals surface area contributed by atoms with Crippen molar-refractivity contribution in [2.75, 3.05) is 45.6 Å². The minimum absolute atomic E-state index is 0.108. The molecular weight excluding hydrogens is 332 g/mol. The molecule has 3 heterocycles. The summed E-state index contributed by atoms with van der Waals surface area (Å²) in [5.74, 6) is 1.31. The molecule has 1 aliphatic carbocycles. The van der Waals surface area contributed by atoms with E-state index in [1.54, 1.807) is 24.3 Å². The summed E-state index contributed by atoms with van der Waals surface area (Å²) in [7, 11) is 3.59. The first-order valence-electron chi connectivity index (χ1n) is 9.27. The lowest BCUT2D eigenvalue weighted by molar-refractivity contribution is -0.141. The zero-order valence-corrected chi connectivity index (χ0v) is 15.4. The van der Waals surface area contributed by atoms with Gasteiger partial charge in [0.1, 0.15) is 0 Å². The Morgan fingerprint density at radius 1 is 1.38 bits per heavy atom. The van der Waals surface area contributed by atoms with Crippen molar-refractivity contribution in [2.45, 2.75) is 19.4 Å². The fraction of sp³-hybridized carbons (Fsp3) is 0.667. The van der Waals surface area contributed by atoms with Gasteiger partial charge in [-0.1, -0.05) is 0 Å². The van der Waals surface area contributed by atoms with Gasteiger partial charge in [-0.05, 0) is 12.8 Å². The van der Waals surface area contributed by atoms with E-state index >= 15 is 0 Å². The number of rotatable bonds is 5. The molecule has 2 saturated heterocycles. The van der Waals surface area contributed by atoms with Crippen molar-refractivity contribution >= 4 is 17.8 Å². The first-order valence-corrected chi connectivity index (χ1v) is 9.27. The van der Waals surface area contributed by atoms with E-state index < -0.39 is 5.41 Å². The highest BCUT2D eigenvalue weighted by molar-refractivity contribution is 5.87. The Morgan fingerprint density at radius 3 is 2.77 bits per heavy atom. The molecule has 0 spiro atoms. The highest BCUT2D eigenvalue weighted by Gasteiger charge is 2.57. The van der Waals surface area contributed by atoms with Crippen LogP contribution in [0.2, 0.25) is 0 Å². The lowest BCUT2D eigenvalue weighted by Crippen LogP contribution is -2.48. The minimum Gasteiger partial charge on any atom is -0.357 e. The van der Waals surface area contributed by atoms with Gasteiger partial charge in [0.15, 0.2) is 0 Å². The molecule has 8 heteroatoms. The summed E-state index contributed by atoms with van der Waals surface area (Å²) in [5, 5.41) is 6.25. The largest absolute Gasteiger partial charge is 0.357 e. The topological polar surface area (TPSA) is 90.5 Å². The van der Waals surface area contributed by atoms with Gasteiger partial charge in [0.2, 0.25) is 17.8 Å². The number of amides is 2. The first-order chi connectivity index (χ1) is 12.5. The highest BCUT2D eigenvalue weighted by atomic mass is 16.2. The summed E-state index contributed by atoms with van der Waals surface area (Å²) in [6, 6.07) is 0. The van der Waals surface area contributed by atoms with E-state index in [2.05, 4.69) is 20.6 Å². The predicted molar refractivity (Wildman–Crippen MR) is 96.1 cm³/mol.